The number of methoxy groups -OCH3 is 1. The first-order valence-electron chi connectivity index (χ1n) is 18.2. The predicted molar refractivity (Wildman–Crippen MR) is 181 cm³/mol. The van der Waals surface area contributed by atoms with Gasteiger partial charge in [0, 0.05) is 31.4 Å². The summed E-state index contributed by atoms with van der Waals surface area (Å²) < 4.78 is 31.6. The van der Waals surface area contributed by atoms with Crippen LogP contribution >= 0.6 is 0 Å². The number of nitrogens with one attached hydrogen (secondary N) is 1. The van der Waals surface area contributed by atoms with Gasteiger partial charge in [-0.1, -0.05) is 27.7 Å². The molecule has 3 aliphatic heterocycles. The average Bonchev–Trinajstić information content (AvgIpc) is 3.35. The number of cyclic esters (lactones) is 1. The third kappa shape index (κ3) is 9.16. The Morgan fingerprint density at radius 3 is 2.27 bits per heavy atom. The van der Waals surface area contributed by atoms with Crippen molar-refractivity contribution in [1.82, 2.24) is 5.32 Å². The van der Waals surface area contributed by atoms with Crippen LogP contribution in [-0.4, -0.2) is 125 Å². The van der Waals surface area contributed by atoms with Gasteiger partial charge in [0.2, 0.25) is 0 Å². The second kappa shape index (κ2) is 16.8. The maximum absolute atomic E-state index is 14.2. The van der Waals surface area contributed by atoms with Gasteiger partial charge in [-0.2, -0.15) is 0 Å². The Bertz CT molecular complexity index is 1060. The Morgan fingerprint density at radius 2 is 1.71 bits per heavy atom. The van der Waals surface area contributed by atoms with Crippen LogP contribution in [0.3, 0.4) is 0 Å². The van der Waals surface area contributed by atoms with Gasteiger partial charge in [-0.05, 0) is 80.7 Å². The zero-order chi connectivity index (χ0) is 37.2. The monoisotopic (exact) mass is 705 g/mol. The summed E-state index contributed by atoms with van der Waals surface area (Å²) in [6.07, 6.45) is -6.31. The molecule has 3 aliphatic rings. The third-order valence-corrected chi connectivity index (χ3v) is 11.7. The molecule has 5 N–H and O–H groups in total. The molecule has 13 nitrogen and oxygen atoms in total. The molecule has 0 radical (unpaired) electrons. The van der Waals surface area contributed by atoms with Crippen molar-refractivity contribution in [2.24, 2.45) is 23.7 Å². The van der Waals surface area contributed by atoms with Crippen molar-refractivity contribution >= 4 is 5.97 Å². The van der Waals surface area contributed by atoms with Crippen molar-refractivity contribution in [3.05, 3.63) is 0 Å². The first kappa shape index (κ1) is 42.4. The van der Waals surface area contributed by atoms with E-state index in [1.165, 1.54) is 14.0 Å². The first-order valence-corrected chi connectivity index (χ1v) is 18.2. The summed E-state index contributed by atoms with van der Waals surface area (Å²) in [6.45, 7) is 19.9. The summed E-state index contributed by atoms with van der Waals surface area (Å²) in [5.41, 5.74) is -3.68. The maximum atomic E-state index is 14.2. The number of rotatable bonds is 13. The molecule has 0 aliphatic carbocycles. The molecule has 0 aromatic rings. The Hall–Kier alpha value is -0.970. The number of carbonyl (C=O) groups excluding carboxylic acids is 1. The summed E-state index contributed by atoms with van der Waals surface area (Å²) in [5.74, 6) is -2.61. The lowest BCUT2D eigenvalue weighted by Gasteiger charge is -2.47. The molecule has 49 heavy (non-hydrogen) atoms. The zero-order valence-electron chi connectivity index (χ0n) is 32.0. The fourth-order valence-electron chi connectivity index (χ4n) is 8.43. The van der Waals surface area contributed by atoms with Crippen LogP contribution in [0.1, 0.15) is 102 Å². The Labute approximate surface area is 293 Å². The second-order valence-corrected chi connectivity index (χ2v) is 15.9. The van der Waals surface area contributed by atoms with Crippen molar-refractivity contribution in [2.45, 2.75) is 186 Å². The largest absolute Gasteiger partial charge is 0.459 e. The van der Waals surface area contributed by atoms with Gasteiger partial charge in [0.05, 0.1) is 53.7 Å². The number of carbonyl (C=O) groups is 1. The second-order valence-electron chi connectivity index (χ2n) is 15.9. The van der Waals surface area contributed by atoms with Crippen LogP contribution in [0.4, 0.5) is 0 Å². The maximum Gasteiger partial charge on any atom is 0.311 e. The molecule has 0 spiro atoms. The van der Waals surface area contributed by atoms with E-state index in [1.807, 2.05) is 27.7 Å². The first-order chi connectivity index (χ1) is 22.7. The number of likely N-dealkylation sites (N-methyl/N-ethyl adjacent to an activating group) is 1. The molecule has 2 bridgehead atoms. The molecule has 3 saturated heterocycles. The zero-order valence-corrected chi connectivity index (χ0v) is 32.0. The Balaban J connectivity index is 2.10. The van der Waals surface area contributed by atoms with Crippen LogP contribution in [0, 0.1) is 23.7 Å². The van der Waals surface area contributed by atoms with Gasteiger partial charge in [-0.15, -0.1) is 0 Å². The lowest BCUT2D eigenvalue weighted by atomic mass is 9.76. The van der Waals surface area contributed by atoms with Gasteiger partial charge >= 0.3 is 5.97 Å². The van der Waals surface area contributed by atoms with Crippen molar-refractivity contribution in [2.75, 3.05) is 14.2 Å². The summed E-state index contributed by atoms with van der Waals surface area (Å²) in [7, 11) is 3.31. The van der Waals surface area contributed by atoms with Crippen molar-refractivity contribution in [1.29, 1.82) is 0 Å². The van der Waals surface area contributed by atoms with E-state index in [4.69, 9.17) is 33.5 Å². The molecular formula is C36H67NO12. The summed E-state index contributed by atoms with van der Waals surface area (Å²) in [5, 5.41) is 46.8. The minimum absolute atomic E-state index is 0.0435. The Kier molecular flexibility index (Phi) is 14.5. The minimum atomic E-state index is -1.78. The highest BCUT2D eigenvalue weighted by Crippen LogP contribution is 2.48. The summed E-state index contributed by atoms with van der Waals surface area (Å²) >= 11 is 0. The van der Waals surface area contributed by atoms with Crippen LogP contribution in [0.25, 0.3) is 0 Å². The van der Waals surface area contributed by atoms with Gasteiger partial charge in [-0.25, -0.2) is 9.78 Å². The lowest BCUT2D eigenvalue weighted by Crippen LogP contribution is -2.58. The number of aliphatic hydroxyl groups excluding tert-OH is 3. The predicted octanol–water partition coefficient (Wildman–Crippen LogP) is 2.88. The summed E-state index contributed by atoms with van der Waals surface area (Å²) in [4.78, 5) is 26.6. The normalized spacial score (nSPS) is 44.3. The number of esters is 1. The average molecular weight is 706 g/mol. The van der Waals surface area contributed by atoms with Crippen molar-refractivity contribution < 1.29 is 58.7 Å². The van der Waals surface area contributed by atoms with E-state index in [9.17, 15) is 25.2 Å². The Morgan fingerprint density at radius 1 is 1.08 bits per heavy atom. The van der Waals surface area contributed by atoms with Crippen LogP contribution in [0.15, 0.2) is 0 Å². The van der Waals surface area contributed by atoms with Gasteiger partial charge in [0.1, 0.15) is 23.9 Å². The van der Waals surface area contributed by atoms with Crippen molar-refractivity contribution in [3.63, 3.8) is 0 Å². The van der Waals surface area contributed by atoms with E-state index in [0.29, 0.717) is 12.8 Å². The number of fused-ring (bicyclic) bond motifs is 2. The summed E-state index contributed by atoms with van der Waals surface area (Å²) in [6, 6.07) is -0.225. The molecule has 0 amide bonds. The highest BCUT2D eigenvalue weighted by atomic mass is 17.2. The van der Waals surface area contributed by atoms with E-state index in [0.717, 1.165) is 0 Å². The molecular weight excluding hydrogens is 638 g/mol. The fraction of sp³-hybridized carbons (Fsp3) is 0.972. The number of aliphatic hydroxyl groups is 4. The van der Waals surface area contributed by atoms with E-state index in [2.05, 4.69) is 12.2 Å². The molecule has 18 atom stereocenters. The third-order valence-electron chi connectivity index (χ3n) is 11.7. The molecule has 3 fully saturated rings. The molecule has 0 saturated carbocycles. The van der Waals surface area contributed by atoms with E-state index in [1.54, 1.807) is 41.7 Å². The van der Waals surface area contributed by atoms with Crippen LogP contribution in [0.5, 0.6) is 0 Å². The molecule has 3 heterocycles. The molecule has 13 heteroatoms. The fourth-order valence-corrected chi connectivity index (χ4v) is 8.43. The highest BCUT2D eigenvalue weighted by molar-refractivity contribution is 5.73. The lowest BCUT2D eigenvalue weighted by molar-refractivity contribution is -0.389. The SMILES string of the molecule is CC[C@@H](O)[C@@](C)(O)[C@@H]1OC(=O)[C@H](C)[C@@H](O[C@H]2CC(C)(OC)[C@@H](O)C(C)O2)[C@H](C)[C@@H](OOC(C)CC(NC)C(C)O)[C@@]2(C)CC(C)C(O2)[C@@H]1C. The number of hydrogen-bond acceptors (Lipinski definition) is 13. The van der Waals surface area contributed by atoms with E-state index in [-0.39, 0.29) is 24.8 Å². The molecule has 288 valence electrons. The molecule has 7 unspecified atom stereocenters. The quantitative estimate of drug-likeness (QED) is 0.108. The number of ether oxygens (including phenoxy) is 5. The topological polar surface area (TPSA) is 175 Å². The van der Waals surface area contributed by atoms with E-state index < -0.39 is 102 Å². The van der Waals surface area contributed by atoms with Gasteiger partial charge in [0.15, 0.2) is 6.29 Å². The van der Waals surface area contributed by atoms with Gasteiger partial charge in [0.25, 0.3) is 0 Å². The smallest absolute Gasteiger partial charge is 0.311 e. The number of hydrogen-bond donors (Lipinski definition) is 5. The van der Waals surface area contributed by atoms with Crippen LogP contribution in [-0.2, 0) is 38.3 Å². The van der Waals surface area contributed by atoms with E-state index >= 15 is 0 Å². The van der Waals surface area contributed by atoms with Gasteiger partial charge < -0.3 is 49.4 Å². The molecule has 3 rings (SSSR count). The molecule has 0 aromatic carbocycles. The van der Waals surface area contributed by atoms with Crippen LogP contribution in [0.2, 0.25) is 0 Å². The van der Waals surface area contributed by atoms with Crippen molar-refractivity contribution in [3.8, 4) is 0 Å². The minimum Gasteiger partial charge on any atom is -0.459 e. The standard InChI is InChI=1S/C36H67NO12/c1-14-26(39)36(11,42)32-20(4)28-18(2)16-35(10,47-28)31(49-48-19(3)15-25(37-12)23(7)38)21(5)29(22(6)33(41)46-32)45-27-17-34(9,43-13)30(40)24(8)44-27/h18-32,37-40,42H,14-17H2,1-13H3/t18?,19?,20-,21-,22+,23?,24?,25?,26+,27-,28?,29-,30-,31+,32+,34?,35+,36+/m0/s1. The van der Waals surface area contributed by atoms with Crippen LogP contribution < -0.4 is 5.32 Å². The highest BCUT2D eigenvalue weighted by Gasteiger charge is 2.58. The van der Waals surface area contributed by atoms with Gasteiger partial charge in [-0.3, -0.25) is 4.79 Å². The molecule has 0 aromatic heterocycles.